The Kier molecular flexibility index (Phi) is 5.73. The van der Waals surface area contributed by atoms with Crippen LogP contribution in [0.3, 0.4) is 0 Å². The third-order valence-corrected chi connectivity index (χ3v) is 4.37. The SMILES string of the molecule is Cc1ccoc1C(=O)N1CCN(C[C@H](O)COc2ccccc2)CC1. The highest BCUT2D eigenvalue weighted by molar-refractivity contribution is 5.92. The zero-order valence-corrected chi connectivity index (χ0v) is 14.4. The summed E-state index contributed by atoms with van der Waals surface area (Å²) in [4.78, 5) is 16.4. The predicted octanol–water partition coefficient (Wildman–Crippen LogP) is 1.79. The molecule has 1 fully saturated rings. The number of aryl methyl sites for hydroxylation is 1. The van der Waals surface area contributed by atoms with Gasteiger partial charge in [-0.15, -0.1) is 0 Å². The molecule has 1 aliphatic rings. The highest BCUT2D eigenvalue weighted by Gasteiger charge is 2.25. The highest BCUT2D eigenvalue weighted by Crippen LogP contribution is 2.14. The minimum atomic E-state index is -0.560. The van der Waals surface area contributed by atoms with E-state index in [0.29, 0.717) is 25.4 Å². The lowest BCUT2D eigenvalue weighted by atomic mass is 10.2. The van der Waals surface area contributed by atoms with Crippen LogP contribution >= 0.6 is 0 Å². The number of β-amino-alcohol motifs (C(OH)–C–C–N with tert-alkyl or cyclic N) is 1. The number of ether oxygens (including phenoxy) is 1. The highest BCUT2D eigenvalue weighted by atomic mass is 16.5. The predicted molar refractivity (Wildman–Crippen MR) is 93.7 cm³/mol. The van der Waals surface area contributed by atoms with E-state index in [-0.39, 0.29) is 12.5 Å². The summed E-state index contributed by atoms with van der Waals surface area (Å²) in [6.07, 6.45) is 0.983. The molecule has 2 aromatic rings. The number of nitrogens with zero attached hydrogens (tertiary/aromatic N) is 2. The van der Waals surface area contributed by atoms with Gasteiger partial charge < -0.3 is 19.2 Å². The second kappa shape index (κ2) is 8.18. The van der Waals surface area contributed by atoms with Crippen molar-refractivity contribution < 1.29 is 19.1 Å². The molecule has 2 heterocycles. The van der Waals surface area contributed by atoms with Crippen molar-refractivity contribution in [2.75, 3.05) is 39.3 Å². The summed E-state index contributed by atoms with van der Waals surface area (Å²) in [5.41, 5.74) is 0.862. The molecule has 0 radical (unpaired) electrons. The lowest BCUT2D eigenvalue weighted by Crippen LogP contribution is -2.51. The first kappa shape index (κ1) is 17.5. The molecule has 6 heteroatoms. The van der Waals surface area contributed by atoms with Crippen LogP contribution in [0, 0.1) is 6.92 Å². The monoisotopic (exact) mass is 344 g/mol. The summed E-state index contributed by atoms with van der Waals surface area (Å²) in [5, 5.41) is 10.2. The molecule has 6 nitrogen and oxygen atoms in total. The Morgan fingerprint density at radius 3 is 2.56 bits per heavy atom. The second-order valence-corrected chi connectivity index (χ2v) is 6.30. The average molecular weight is 344 g/mol. The van der Waals surface area contributed by atoms with E-state index in [2.05, 4.69) is 4.90 Å². The molecule has 0 spiro atoms. The molecule has 1 aromatic heterocycles. The maximum atomic E-state index is 12.4. The normalized spacial score (nSPS) is 16.6. The molecular weight excluding hydrogens is 320 g/mol. The minimum Gasteiger partial charge on any atom is -0.491 e. The number of amides is 1. The van der Waals surface area contributed by atoms with Crippen LogP contribution < -0.4 is 4.74 Å². The van der Waals surface area contributed by atoms with Gasteiger partial charge in [0, 0.05) is 38.3 Å². The van der Waals surface area contributed by atoms with Gasteiger partial charge in [-0.3, -0.25) is 9.69 Å². The van der Waals surface area contributed by atoms with E-state index in [1.807, 2.05) is 37.3 Å². The molecule has 1 N–H and O–H groups in total. The van der Waals surface area contributed by atoms with E-state index < -0.39 is 6.10 Å². The average Bonchev–Trinajstić information content (AvgIpc) is 3.07. The summed E-state index contributed by atoms with van der Waals surface area (Å²) in [6.45, 7) is 5.39. The van der Waals surface area contributed by atoms with Crippen molar-refractivity contribution in [1.29, 1.82) is 0 Å². The number of carbonyl (C=O) groups is 1. The van der Waals surface area contributed by atoms with Crippen molar-refractivity contribution in [3.05, 3.63) is 54.0 Å². The van der Waals surface area contributed by atoms with Gasteiger partial charge in [0.15, 0.2) is 5.76 Å². The van der Waals surface area contributed by atoms with Crippen molar-refractivity contribution >= 4 is 5.91 Å². The smallest absolute Gasteiger partial charge is 0.289 e. The number of hydrogen-bond donors (Lipinski definition) is 1. The quantitative estimate of drug-likeness (QED) is 0.865. The number of hydrogen-bond acceptors (Lipinski definition) is 5. The first-order chi connectivity index (χ1) is 12.1. The Hall–Kier alpha value is -2.31. The van der Waals surface area contributed by atoms with E-state index in [1.54, 1.807) is 17.2 Å². The van der Waals surface area contributed by atoms with Crippen molar-refractivity contribution in [3.8, 4) is 5.75 Å². The fourth-order valence-electron chi connectivity index (χ4n) is 2.93. The number of aliphatic hydroxyl groups is 1. The molecule has 1 saturated heterocycles. The van der Waals surface area contributed by atoms with Gasteiger partial charge in [-0.2, -0.15) is 0 Å². The van der Waals surface area contributed by atoms with Crippen molar-refractivity contribution in [2.24, 2.45) is 0 Å². The number of furan rings is 1. The minimum absolute atomic E-state index is 0.0601. The Morgan fingerprint density at radius 2 is 1.92 bits per heavy atom. The molecule has 0 aliphatic carbocycles. The van der Waals surface area contributed by atoms with Gasteiger partial charge >= 0.3 is 0 Å². The van der Waals surface area contributed by atoms with E-state index >= 15 is 0 Å². The summed E-state index contributed by atoms with van der Waals surface area (Å²) < 4.78 is 10.9. The number of rotatable bonds is 6. The third-order valence-electron chi connectivity index (χ3n) is 4.37. The zero-order chi connectivity index (χ0) is 17.6. The van der Waals surface area contributed by atoms with Crippen LogP contribution in [0.2, 0.25) is 0 Å². The maximum Gasteiger partial charge on any atom is 0.289 e. The number of para-hydroxylation sites is 1. The van der Waals surface area contributed by atoms with Crippen molar-refractivity contribution in [1.82, 2.24) is 9.80 Å². The van der Waals surface area contributed by atoms with Crippen LogP contribution in [-0.2, 0) is 0 Å². The Morgan fingerprint density at radius 1 is 1.20 bits per heavy atom. The van der Waals surface area contributed by atoms with Crippen LogP contribution in [0.4, 0.5) is 0 Å². The van der Waals surface area contributed by atoms with Gasteiger partial charge in [-0.1, -0.05) is 18.2 Å². The first-order valence-electron chi connectivity index (χ1n) is 8.55. The molecule has 1 aromatic carbocycles. The summed E-state index contributed by atoms with van der Waals surface area (Å²) >= 11 is 0. The number of piperazine rings is 1. The zero-order valence-electron chi connectivity index (χ0n) is 14.4. The van der Waals surface area contributed by atoms with Crippen molar-refractivity contribution in [3.63, 3.8) is 0 Å². The molecule has 134 valence electrons. The number of carbonyl (C=O) groups excluding carboxylic acids is 1. The van der Waals surface area contributed by atoms with E-state index in [9.17, 15) is 9.90 Å². The molecule has 0 bridgehead atoms. The fourth-order valence-corrected chi connectivity index (χ4v) is 2.93. The molecule has 3 rings (SSSR count). The summed E-state index contributed by atoms with van der Waals surface area (Å²) in [7, 11) is 0. The van der Waals surface area contributed by atoms with Gasteiger partial charge in [0.25, 0.3) is 5.91 Å². The van der Waals surface area contributed by atoms with Gasteiger partial charge in [-0.05, 0) is 25.1 Å². The Labute approximate surface area is 147 Å². The molecule has 0 saturated carbocycles. The third kappa shape index (κ3) is 4.61. The summed E-state index contributed by atoms with van der Waals surface area (Å²) in [5.74, 6) is 1.12. The molecule has 1 atom stereocenters. The molecule has 1 aliphatic heterocycles. The maximum absolute atomic E-state index is 12.4. The van der Waals surface area contributed by atoms with E-state index in [0.717, 1.165) is 24.4 Å². The topological polar surface area (TPSA) is 66.2 Å². The van der Waals surface area contributed by atoms with Crippen LogP contribution in [0.5, 0.6) is 5.75 Å². The summed E-state index contributed by atoms with van der Waals surface area (Å²) in [6, 6.07) is 11.3. The lowest BCUT2D eigenvalue weighted by molar-refractivity contribution is 0.0389. The standard InChI is InChI=1S/C19H24N2O4/c1-15-7-12-24-18(15)19(23)21-10-8-20(9-11-21)13-16(22)14-25-17-5-3-2-4-6-17/h2-7,12,16,22H,8-11,13-14H2,1H3/t16-/m0/s1. The van der Waals surface area contributed by atoms with Crippen LogP contribution in [-0.4, -0.2) is 66.2 Å². The number of benzene rings is 1. The largest absolute Gasteiger partial charge is 0.491 e. The fraction of sp³-hybridized carbons (Fsp3) is 0.421. The van der Waals surface area contributed by atoms with Crippen molar-refractivity contribution in [2.45, 2.75) is 13.0 Å². The Balaban J connectivity index is 1.41. The van der Waals surface area contributed by atoms with Gasteiger partial charge in [0.2, 0.25) is 0 Å². The van der Waals surface area contributed by atoms with E-state index in [4.69, 9.17) is 9.15 Å². The number of aliphatic hydroxyl groups excluding tert-OH is 1. The second-order valence-electron chi connectivity index (χ2n) is 6.30. The van der Waals surface area contributed by atoms with Gasteiger partial charge in [-0.25, -0.2) is 0 Å². The first-order valence-corrected chi connectivity index (χ1v) is 8.55. The molecule has 1 amide bonds. The van der Waals surface area contributed by atoms with Crippen LogP contribution in [0.25, 0.3) is 0 Å². The lowest BCUT2D eigenvalue weighted by Gasteiger charge is -2.35. The van der Waals surface area contributed by atoms with Gasteiger partial charge in [0.1, 0.15) is 18.5 Å². The van der Waals surface area contributed by atoms with Crippen LogP contribution in [0.15, 0.2) is 47.1 Å². The van der Waals surface area contributed by atoms with E-state index in [1.165, 1.54) is 0 Å². The molecule has 25 heavy (non-hydrogen) atoms. The molecule has 0 unspecified atom stereocenters. The van der Waals surface area contributed by atoms with Crippen LogP contribution in [0.1, 0.15) is 16.1 Å². The Bertz CT molecular complexity index is 678. The van der Waals surface area contributed by atoms with Gasteiger partial charge in [0.05, 0.1) is 6.26 Å². The molecular formula is C19H24N2O4.